The van der Waals surface area contributed by atoms with E-state index in [1.54, 1.807) is 24.3 Å². The fourth-order valence-electron chi connectivity index (χ4n) is 2.90. The van der Waals surface area contributed by atoms with E-state index in [2.05, 4.69) is 16.0 Å². The molecule has 182 valence electrons. The number of amides is 3. The Hall–Kier alpha value is -3.07. The molecular weight excluding hydrogens is 426 g/mol. The van der Waals surface area contributed by atoms with Gasteiger partial charge in [0.25, 0.3) is 0 Å². The van der Waals surface area contributed by atoms with E-state index in [0.717, 1.165) is 5.56 Å². The van der Waals surface area contributed by atoms with Crippen molar-refractivity contribution in [1.82, 2.24) is 10.6 Å². The van der Waals surface area contributed by atoms with E-state index in [4.69, 9.17) is 4.74 Å². The summed E-state index contributed by atoms with van der Waals surface area (Å²) in [6.07, 6.45) is 0.944. The molecule has 0 saturated heterocycles. The molecule has 0 aliphatic rings. The molecule has 0 atom stereocenters. The smallest absolute Gasteiger partial charge is 0.233 e. The van der Waals surface area contributed by atoms with Crippen LogP contribution in [0.4, 0.5) is 5.69 Å². The van der Waals surface area contributed by atoms with Crippen molar-refractivity contribution in [3.05, 3.63) is 29.8 Å². The lowest BCUT2D eigenvalue weighted by molar-refractivity contribution is -0.128. The van der Waals surface area contributed by atoms with Gasteiger partial charge in [0.05, 0.1) is 13.0 Å². The Kier molecular flexibility index (Phi) is 13.3. The van der Waals surface area contributed by atoms with Gasteiger partial charge in [-0.1, -0.05) is 26.0 Å². The van der Waals surface area contributed by atoms with Crippen molar-refractivity contribution >= 4 is 35.0 Å². The number of benzene rings is 1. The fraction of sp³-hybridized carbons (Fsp3) is 0.542. The summed E-state index contributed by atoms with van der Waals surface area (Å²) in [5, 5.41) is 8.07. The molecule has 33 heavy (non-hydrogen) atoms. The van der Waals surface area contributed by atoms with Gasteiger partial charge >= 0.3 is 0 Å². The second-order valence-electron chi connectivity index (χ2n) is 8.28. The Bertz CT molecular complexity index is 805. The van der Waals surface area contributed by atoms with Crippen molar-refractivity contribution in [2.24, 2.45) is 5.92 Å². The maximum atomic E-state index is 12.0. The first-order valence-corrected chi connectivity index (χ1v) is 11.2. The van der Waals surface area contributed by atoms with E-state index in [1.165, 1.54) is 6.92 Å². The highest BCUT2D eigenvalue weighted by Crippen LogP contribution is 2.11. The lowest BCUT2D eigenvalue weighted by atomic mass is 10.1. The molecule has 0 unspecified atom stereocenters. The zero-order chi connectivity index (χ0) is 24.6. The normalized spacial score (nSPS) is 10.5. The van der Waals surface area contributed by atoms with Crippen LogP contribution in [0.3, 0.4) is 0 Å². The van der Waals surface area contributed by atoms with Crippen molar-refractivity contribution in [3.8, 4) is 0 Å². The zero-order valence-corrected chi connectivity index (χ0v) is 19.7. The van der Waals surface area contributed by atoms with Crippen LogP contribution in [-0.2, 0) is 35.1 Å². The molecule has 0 radical (unpaired) electrons. The largest absolute Gasteiger partial charge is 0.380 e. The molecule has 0 aromatic heterocycles. The summed E-state index contributed by atoms with van der Waals surface area (Å²) in [6, 6.07) is 6.68. The van der Waals surface area contributed by atoms with Gasteiger partial charge in [-0.2, -0.15) is 0 Å². The number of hydrogen-bond donors (Lipinski definition) is 3. The van der Waals surface area contributed by atoms with E-state index in [-0.39, 0.29) is 43.3 Å². The number of nitrogens with one attached hydrogen (secondary N) is 3. The van der Waals surface area contributed by atoms with E-state index in [9.17, 15) is 24.0 Å². The van der Waals surface area contributed by atoms with E-state index in [0.29, 0.717) is 44.2 Å². The van der Waals surface area contributed by atoms with Crippen molar-refractivity contribution in [1.29, 1.82) is 0 Å². The third-order valence-corrected chi connectivity index (χ3v) is 4.36. The standard InChI is InChI=1S/C24H35N3O6/c1-17(2)13-22(30)25-9-4-11-33-12-10-26-23(31)16-24(32)27-20-7-5-19(6-8-20)15-21(29)14-18(3)28/h5-8,17H,4,9-16H2,1-3H3,(H,25,30)(H,26,31)(H,27,32). The maximum absolute atomic E-state index is 12.0. The number of hydrogen-bond acceptors (Lipinski definition) is 6. The van der Waals surface area contributed by atoms with Crippen LogP contribution in [0.25, 0.3) is 0 Å². The molecule has 1 aromatic rings. The molecule has 0 fully saturated rings. The monoisotopic (exact) mass is 461 g/mol. The first-order valence-electron chi connectivity index (χ1n) is 11.2. The Morgan fingerprint density at radius 3 is 2.15 bits per heavy atom. The third-order valence-electron chi connectivity index (χ3n) is 4.36. The van der Waals surface area contributed by atoms with Gasteiger partial charge in [-0.15, -0.1) is 0 Å². The average Bonchev–Trinajstić information content (AvgIpc) is 2.70. The first-order chi connectivity index (χ1) is 15.7. The maximum Gasteiger partial charge on any atom is 0.233 e. The highest BCUT2D eigenvalue weighted by molar-refractivity contribution is 6.03. The zero-order valence-electron chi connectivity index (χ0n) is 19.7. The number of rotatable bonds is 16. The van der Waals surface area contributed by atoms with Gasteiger partial charge in [0, 0.05) is 38.2 Å². The van der Waals surface area contributed by atoms with Gasteiger partial charge in [-0.25, -0.2) is 0 Å². The van der Waals surface area contributed by atoms with Crippen molar-refractivity contribution in [2.45, 2.75) is 52.9 Å². The lowest BCUT2D eigenvalue weighted by Gasteiger charge is -2.09. The molecule has 0 aliphatic carbocycles. The highest BCUT2D eigenvalue weighted by Gasteiger charge is 2.10. The van der Waals surface area contributed by atoms with Gasteiger partial charge in [0.15, 0.2) is 0 Å². The Labute approximate surface area is 195 Å². The summed E-state index contributed by atoms with van der Waals surface area (Å²) in [7, 11) is 0. The molecule has 9 heteroatoms. The molecule has 9 nitrogen and oxygen atoms in total. The van der Waals surface area contributed by atoms with E-state index in [1.807, 2.05) is 13.8 Å². The fourth-order valence-corrected chi connectivity index (χ4v) is 2.90. The van der Waals surface area contributed by atoms with Crippen LogP contribution in [0.15, 0.2) is 24.3 Å². The molecule has 1 rings (SSSR count). The second kappa shape index (κ2) is 15.7. The number of Topliss-reactive ketones (excluding diaryl/α,β-unsaturated/α-hetero) is 2. The molecular formula is C24H35N3O6. The summed E-state index contributed by atoms with van der Waals surface area (Å²) in [5.41, 5.74) is 1.26. The topological polar surface area (TPSA) is 131 Å². The van der Waals surface area contributed by atoms with Crippen LogP contribution < -0.4 is 16.0 Å². The Morgan fingerprint density at radius 2 is 1.52 bits per heavy atom. The number of carbonyl (C=O) groups excluding carboxylic acids is 5. The molecule has 0 heterocycles. The van der Waals surface area contributed by atoms with Gasteiger partial charge in [0.2, 0.25) is 17.7 Å². The van der Waals surface area contributed by atoms with Crippen LogP contribution in [0.1, 0.15) is 52.0 Å². The molecule has 0 spiro atoms. The van der Waals surface area contributed by atoms with Crippen molar-refractivity contribution in [2.75, 3.05) is 31.6 Å². The predicted molar refractivity (Wildman–Crippen MR) is 125 cm³/mol. The molecule has 0 bridgehead atoms. The summed E-state index contributed by atoms with van der Waals surface area (Å²) >= 11 is 0. The number of ether oxygens (including phenoxy) is 1. The summed E-state index contributed by atoms with van der Waals surface area (Å²) < 4.78 is 5.40. The SMILES string of the molecule is CC(=O)CC(=O)Cc1ccc(NC(=O)CC(=O)NCCOCCCNC(=O)CC(C)C)cc1. The predicted octanol–water partition coefficient (Wildman–Crippen LogP) is 1.79. The molecule has 0 saturated carbocycles. The quantitative estimate of drug-likeness (QED) is 0.254. The van der Waals surface area contributed by atoms with Gasteiger partial charge in [-0.05, 0) is 37.0 Å². The summed E-state index contributed by atoms with van der Waals surface area (Å²) in [4.78, 5) is 58.0. The van der Waals surface area contributed by atoms with Crippen LogP contribution >= 0.6 is 0 Å². The van der Waals surface area contributed by atoms with Crippen molar-refractivity contribution < 1.29 is 28.7 Å². The summed E-state index contributed by atoms with van der Waals surface area (Å²) in [6.45, 7) is 6.97. The molecule has 0 aliphatic heterocycles. The van der Waals surface area contributed by atoms with Gasteiger partial charge in [-0.3, -0.25) is 24.0 Å². The van der Waals surface area contributed by atoms with Crippen molar-refractivity contribution in [3.63, 3.8) is 0 Å². The third kappa shape index (κ3) is 14.6. The number of carbonyl (C=O) groups is 5. The van der Waals surface area contributed by atoms with Gasteiger partial charge < -0.3 is 20.7 Å². The average molecular weight is 462 g/mol. The minimum atomic E-state index is -0.453. The second-order valence-corrected chi connectivity index (χ2v) is 8.28. The van der Waals surface area contributed by atoms with Crippen LogP contribution in [-0.4, -0.2) is 55.6 Å². The van der Waals surface area contributed by atoms with Crippen LogP contribution in [0.5, 0.6) is 0 Å². The minimum absolute atomic E-state index is 0.0336. The minimum Gasteiger partial charge on any atom is -0.380 e. The van der Waals surface area contributed by atoms with E-state index < -0.39 is 11.8 Å². The Morgan fingerprint density at radius 1 is 0.848 bits per heavy atom. The summed E-state index contributed by atoms with van der Waals surface area (Å²) in [5.74, 6) is -0.834. The number of anilines is 1. The van der Waals surface area contributed by atoms with Crippen LogP contribution in [0.2, 0.25) is 0 Å². The molecule has 3 amide bonds. The number of ketones is 2. The molecule has 1 aromatic carbocycles. The first kappa shape index (κ1) is 28.0. The lowest BCUT2D eigenvalue weighted by Crippen LogP contribution is -2.31. The highest BCUT2D eigenvalue weighted by atomic mass is 16.5. The molecule has 3 N–H and O–H groups in total. The van der Waals surface area contributed by atoms with Crippen LogP contribution in [0, 0.1) is 5.92 Å². The Balaban J connectivity index is 2.15. The van der Waals surface area contributed by atoms with Gasteiger partial charge in [0.1, 0.15) is 18.0 Å². The van der Waals surface area contributed by atoms with E-state index >= 15 is 0 Å².